The molecule has 88 valence electrons. The highest BCUT2D eigenvalue weighted by Gasteiger charge is 2.47. The molecule has 1 amide bonds. The highest BCUT2D eigenvalue weighted by molar-refractivity contribution is 5.68. The molecule has 3 atom stereocenters. The molecular formula is C9H18N2O4. The summed E-state index contributed by atoms with van der Waals surface area (Å²) in [5, 5.41) is 22.7. The van der Waals surface area contributed by atoms with Gasteiger partial charge in [0.1, 0.15) is 24.2 Å². The van der Waals surface area contributed by atoms with E-state index in [1.165, 1.54) is 0 Å². The minimum atomic E-state index is -1.29. The van der Waals surface area contributed by atoms with Crippen LogP contribution >= 0.6 is 0 Å². The van der Waals surface area contributed by atoms with E-state index in [-0.39, 0.29) is 12.6 Å². The van der Waals surface area contributed by atoms with Crippen molar-refractivity contribution in [2.45, 2.75) is 45.4 Å². The standard InChI is InChI=1S/C9H18N2O4/c1-6-7(5-11(6,13)14)10-8(12)15-9(2,3)4/h6-7,13H,5H2,1-4H3,(H,10,12). The average Bonchev–Trinajstić information content (AvgIpc) is 1.99. The lowest BCUT2D eigenvalue weighted by atomic mass is 10.0. The van der Waals surface area contributed by atoms with Crippen molar-refractivity contribution in [1.82, 2.24) is 5.32 Å². The maximum atomic E-state index is 11.3. The number of quaternary nitrogens is 1. The lowest BCUT2D eigenvalue weighted by Gasteiger charge is -2.52. The van der Waals surface area contributed by atoms with E-state index in [0.717, 1.165) is 0 Å². The molecule has 1 fully saturated rings. The number of nitrogens with one attached hydrogen (secondary N) is 1. The average molecular weight is 218 g/mol. The van der Waals surface area contributed by atoms with Crippen LogP contribution in [0.15, 0.2) is 0 Å². The first-order valence-electron chi connectivity index (χ1n) is 4.93. The van der Waals surface area contributed by atoms with E-state index in [0.29, 0.717) is 0 Å². The molecule has 0 spiro atoms. The van der Waals surface area contributed by atoms with Crippen LogP contribution in [0.4, 0.5) is 4.79 Å². The summed E-state index contributed by atoms with van der Waals surface area (Å²) in [6.07, 6.45) is -0.556. The zero-order valence-electron chi connectivity index (χ0n) is 9.48. The van der Waals surface area contributed by atoms with E-state index in [4.69, 9.17) is 9.94 Å². The van der Waals surface area contributed by atoms with Crippen molar-refractivity contribution in [1.29, 1.82) is 0 Å². The molecule has 1 rings (SSSR count). The summed E-state index contributed by atoms with van der Waals surface area (Å²) in [7, 11) is 0. The molecule has 0 aliphatic carbocycles. The van der Waals surface area contributed by atoms with E-state index in [2.05, 4.69) is 5.32 Å². The maximum Gasteiger partial charge on any atom is 0.408 e. The third-order valence-electron chi connectivity index (χ3n) is 2.38. The fraction of sp³-hybridized carbons (Fsp3) is 0.889. The zero-order chi connectivity index (χ0) is 11.9. The number of hydroxylamine groups is 4. The summed E-state index contributed by atoms with van der Waals surface area (Å²) in [5.41, 5.74) is -0.556. The molecule has 2 N–H and O–H groups in total. The van der Waals surface area contributed by atoms with Gasteiger partial charge < -0.3 is 15.3 Å². The van der Waals surface area contributed by atoms with Crippen molar-refractivity contribution >= 4 is 6.09 Å². The lowest BCUT2D eigenvalue weighted by molar-refractivity contribution is -1.11. The lowest BCUT2D eigenvalue weighted by Crippen LogP contribution is -2.72. The number of rotatable bonds is 1. The highest BCUT2D eigenvalue weighted by atomic mass is 16.8. The van der Waals surface area contributed by atoms with Gasteiger partial charge in [-0.2, -0.15) is 0 Å². The van der Waals surface area contributed by atoms with Gasteiger partial charge in [0.25, 0.3) is 0 Å². The molecule has 0 aromatic heterocycles. The summed E-state index contributed by atoms with van der Waals surface area (Å²) in [5.74, 6) is 0. The van der Waals surface area contributed by atoms with Gasteiger partial charge in [-0.15, -0.1) is 0 Å². The van der Waals surface area contributed by atoms with Crippen LogP contribution in [0.2, 0.25) is 0 Å². The number of amides is 1. The Balaban J connectivity index is 2.36. The minimum Gasteiger partial charge on any atom is -0.598 e. The van der Waals surface area contributed by atoms with Gasteiger partial charge in [0.2, 0.25) is 0 Å². The summed E-state index contributed by atoms with van der Waals surface area (Å²) in [6.45, 7) is 6.84. The second kappa shape index (κ2) is 3.62. The van der Waals surface area contributed by atoms with Gasteiger partial charge in [-0.25, -0.2) is 14.8 Å². The van der Waals surface area contributed by atoms with Gasteiger partial charge in [0, 0.05) is 0 Å². The summed E-state index contributed by atoms with van der Waals surface area (Å²) < 4.78 is 5.02. The molecule has 6 nitrogen and oxygen atoms in total. The highest BCUT2D eigenvalue weighted by Crippen LogP contribution is 2.24. The van der Waals surface area contributed by atoms with Gasteiger partial charge in [-0.1, -0.05) is 0 Å². The van der Waals surface area contributed by atoms with Crippen molar-refractivity contribution in [3.63, 3.8) is 0 Å². The molecule has 0 saturated carbocycles. The topological polar surface area (TPSA) is 81.6 Å². The maximum absolute atomic E-state index is 11.3. The van der Waals surface area contributed by atoms with Crippen LogP contribution in [0.25, 0.3) is 0 Å². The van der Waals surface area contributed by atoms with Crippen LogP contribution in [0.5, 0.6) is 0 Å². The van der Waals surface area contributed by atoms with E-state index in [1.54, 1.807) is 27.7 Å². The molecule has 0 radical (unpaired) electrons. The first-order chi connectivity index (χ1) is 6.62. The molecule has 6 heteroatoms. The Hall–Kier alpha value is -0.850. The Kier molecular flexibility index (Phi) is 2.95. The third-order valence-corrected chi connectivity index (χ3v) is 2.38. The summed E-state index contributed by atoms with van der Waals surface area (Å²) in [6, 6.07) is -0.861. The van der Waals surface area contributed by atoms with Crippen molar-refractivity contribution in [2.24, 2.45) is 0 Å². The van der Waals surface area contributed by atoms with Crippen LogP contribution in [0.3, 0.4) is 0 Å². The predicted octanol–water partition coefficient (Wildman–Crippen LogP) is 0.986. The molecule has 1 saturated heterocycles. The van der Waals surface area contributed by atoms with Gasteiger partial charge in [-0.05, 0) is 27.7 Å². The summed E-state index contributed by atoms with van der Waals surface area (Å²) >= 11 is 0. The van der Waals surface area contributed by atoms with Gasteiger partial charge >= 0.3 is 6.09 Å². The van der Waals surface area contributed by atoms with Crippen LogP contribution in [0.1, 0.15) is 27.7 Å². The van der Waals surface area contributed by atoms with Gasteiger partial charge in [0.15, 0.2) is 0 Å². The number of carbonyl (C=O) groups excluding carboxylic acids is 1. The van der Waals surface area contributed by atoms with Crippen LogP contribution in [-0.2, 0) is 4.74 Å². The molecule has 0 aromatic carbocycles. The Morgan fingerprint density at radius 3 is 2.47 bits per heavy atom. The monoisotopic (exact) mass is 218 g/mol. The first kappa shape index (κ1) is 12.2. The second-order valence-corrected chi connectivity index (χ2v) is 4.93. The van der Waals surface area contributed by atoms with Crippen LogP contribution in [0, 0.1) is 5.21 Å². The fourth-order valence-corrected chi connectivity index (χ4v) is 1.37. The number of ether oxygens (including phenoxy) is 1. The third kappa shape index (κ3) is 3.05. The number of nitrogens with zero attached hydrogens (tertiary/aromatic N) is 1. The first-order valence-corrected chi connectivity index (χ1v) is 4.93. The largest absolute Gasteiger partial charge is 0.598 e. The smallest absolute Gasteiger partial charge is 0.408 e. The number of hydrogen-bond donors (Lipinski definition) is 2. The fourth-order valence-electron chi connectivity index (χ4n) is 1.37. The Bertz CT molecular complexity index is 259. The Labute approximate surface area is 88.9 Å². The van der Waals surface area contributed by atoms with Crippen molar-refractivity contribution in [3.05, 3.63) is 5.21 Å². The normalized spacial score (nSPS) is 35.6. The minimum absolute atomic E-state index is 0.0274. The SMILES string of the molecule is CC1C(NC(=O)OC(C)(C)C)C[N+]1([O-])O. The molecule has 1 heterocycles. The van der Waals surface area contributed by atoms with Crippen molar-refractivity contribution in [2.75, 3.05) is 6.54 Å². The number of hydrogen-bond acceptors (Lipinski definition) is 4. The molecule has 1 aliphatic heterocycles. The summed E-state index contributed by atoms with van der Waals surface area (Å²) in [4.78, 5) is 10.0. The quantitative estimate of drug-likeness (QED) is 0.508. The van der Waals surface area contributed by atoms with E-state index < -0.39 is 22.5 Å². The second-order valence-electron chi connectivity index (χ2n) is 4.93. The Morgan fingerprint density at radius 1 is 1.60 bits per heavy atom. The zero-order valence-corrected chi connectivity index (χ0v) is 9.48. The number of alkyl carbamates (subject to hydrolysis) is 1. The van der Waals surface area contributed by atoms with Crippen molar-refractivity contribution < 1.29 is 19.5 Å². The molecule has 1 aliphatic rings. The van der Waals surface area contributed by atoms with E-state index >= 15 is 0 Å². The van der Waals surface area contributed by atoms with Crippen LogP contribution in [-0.4, -0.2) is 40.3 Å². The molecular weight excluding hydrogens is 200 g/mol. The van der Waals surface area contributed by atoms with Gasteiger partial charge in [-0.3, -0.25) is 0 Å². The number of carbonyl (C=O) groups is 1. The van der Waals surface area contributed by atoms with E-state index in [1.807, 2.05) is 0 Å². The molecule has 15 heavy (non-hydrogen) atoms. The van der Waals surface area contributed by atoms with Crippen LogP contribution < -0.4 is 5.32 Å². The molecule has 0 bridgehead atoms. The predicted molar refractivity (Wildman–Crippen MR) is 52.9 cm³/mol. The van der Waals surface area contributed by atoms with E-state index in [9.17, 15) is 10.0 Å². The molecule has 3 unspecified atom stereocenters. The Morgan fingerprint density at radius 2 is 2.13 bits per heavy atom. The molecule has 0 aromatic rings. The van der Waals surface area contributed by atoms with Crippen molar-refractivity contribution in [3.8, 4) is 0 Å². The van der Waals surface area contributed by atoms with Gasteiger partial charge in [0.05, 0.1) is 0 Å².